The molecule has 1 saturated heterocycles. The van der Waals surface area contributed by atoms with Crippen LogP contribution in [0.4, 0.5) is 18.9 Å². The van der Waals surface area contributed by atoms with E-state index in [4.69, 9.17) is 0 Å². The number of nitrogens with zero attached hydrogens (tertiary/aromatic N) is 1. The summed E-state index contributed by atoms with van der Waals surface area (Å²) in [5, 5.41) is 0. The topological polar surface area (TPSA) is 83.6 Å². The Bertz CT molecular complexity index is 1040. The minimum atomic E-state index is -4.72. The third-order valence-corrected chi connectivity index (χ3v) is 5.52. The van der Waals surface area contributed by atoms with Crippen molar-refractivity contribution in [2.75, 3.05) is 11.4 Å². The number of alkyl halides is 3. The molecule has 0 radical (unpaired) electrons. The van der Waals surface area contributed by atoms with Gasteiger partial charge in [0.1, 0.15) is 0 Å². The van der Waals surface area contributed by atoms with Crippen LogP contribution in [0.15, 0.2) is 53.4 Å². The van der Waals surface area contributed by atoms with Crippen molar-refractivity contribution in [2.45, 2.75) is 23.9 Å². The van der Waals surface area contributed by atoms with E-state index in [9.17, 15) is 31.2 Å². The quantitative estimate of drug-likeness (QED) is 0.837. The minimum absolute atomic E-state index is 0.0345. The first kappa shape index (κ1) is 19.9. The molecule has 0 saturated carbocycles. The van der Waals surface area contributed by atoms with Crippen molar-refractivity contribution in [2.24, 2.45) is 0 Å². The summed E-state index contributed by atoms with van der Waals surface area (Å²) >= 11 is 0. The van der Waals surface area contributed by atoms with Crippen LogP contribution >= 0.6 is 0 Å². The zero-order chi connectivity index (χ0) is 20.5. The molecule has 1 aliphatic rings. The zero-order valence-corrected chi connectivity index (χ0v) is 15.2. The van der Waals surface area contributed by atoms with Crippen LogP contribution in [-0.2, 0) is 21.0 Å². The maximum atomic E-state index is 12.8. The standard InChI is InChI=1S/C18H15F3N2O4S/c19-18(20,21)13-5-2-7-15(11-13)28(26,27)22-17(25)12-4-1-6-14(10-12)23-9-3-8-16(23)24/h1-2,4-7,10-11H,3,8-9H2,(H,22,25). The molecule has 28 heavy (non-hydrogen) atoms. The lowest BCUT2D eigenvalue weighted by molar-refractivity contribution is -0.137. The normalized spacial score (nSPS) is 15.0. The second-order valence-electron chi connectivity index (χ2n) is 6.16. The highest BCUT2D eigenvalue weighted by atomic mass is 32.2. The molecule has 1 aliphatic heterocycles. The number of hydrogen-bond donors (Lipinski definition) is 1. The Kier molecular flexibility index (Phi) is 5.16. The number of nitrogens with one attached hydrogen (secondary N) is 1. The van der Waals surface area contributed by atoms with Gasteiger partial charge in [0, 0.05) is 24.2 Å². The number of carbonyl (C=O) groups excluding carboxylic acids is 2. The van der Waals surface area contributed by atoms with Gasteiger partial charge in [0.25, 0.3) is 15.9 Å². The number of rotatable bonds is 4. The van der Waals surface area contributed by atoms with E-state index in [0.717, 1.165) is 18.2 Å². The summed E-state index contributed by atoms with van der Waals surface area (Å²) in [5.41, 5.74) is -0.725. The first-order chi connectivity index (χ1) is 13.1. The molecule has 0 bridgehead atoms. The Morgan fingerprint density at radius 2 is 1.79 bits per heavy atom. The molecule has 3 rings (SSSR count). The molecular formula is C18H15F3N2O4S. The van der Waals surface area contributed by atoms with Gasteiger partial charge in [-0.05, 0) is 42.8 Å². The third-order valence-electron chi connectivity index (χ3n) is 4.19. The van der Waals surface area contributed by atoms with Crippen LogP contribution in [0.5, 0.6) is 0 Å². The van der Waals surface area contributed by atoms with Crippen LogP contribution < -0.4 is 9.62 Å². The number of anilines is 1. The lowest BCUT2D eigenvalue weighted by Gasteiger charge is -2.16. The van der Waals surface area contributed by atoms with Gasteiger partial charge in [0.05, 0.1) is 10.5 Å². The Balaban J connectivity index is 1.84. The molecular weight excluding hydrogens is 397 g/mol. The predicted molar refractivity (Wildman–Crippen MR) is 94.1 cm³/mol. The lowest BCUT2D eigenvalue weighted by atomic mass is 10.2. The van der Waals surface area contributed by atoms with Crippen molar-refractivity contribution in [3.05, 3.63) is 59.7 Å². The molecule has 1 N–H and O–H groups in total. The largest absolute Gasteiger partial charge is 0.416 e. The number of carbonyl (C=O) groups is 2. The number of sulfonamides is 1. The van der Waals surface area contributed by atoms with E-state index in [2.05, 4.69) is 0 Å². The van der Waals surface area contributed by atoms with Gasteiger partial charge < -0.3 is 4.90 Å². The van der Waals surface area contributed by atoms with Crippen LogP contribution in [0, 0.1) is 0 Å². The van der Waals surface area contributed by atoms with E-state index in [1.807, 2.05) is 0 Å². The number of hydrogen-bond acceptors (Lipinski definition) is 4. The van der Waals surface area contributed by atoms with Gasteiger partial charge in [0.15, 0.2) is 0 Å². The molecule has 6 nitrogen and oxygen atoms in total. The van der Waals surface area contributed by atoms with Crippen LogP contribution in [0.25, 0.3) is 0 Å². The second kappa shape index (κ2) is 7.27. The summed E-state index contributed by atoms with van der Waals surface area (Å²) in [4.78, 5) is 25.0. The molecule has 0 atom stereocenters. The molecule has 148 valence electrons. The van der Waals surface area contributed by atoms with Crippen LogP contribution in [0.1, 0.15) is 28.8 Å². The van der Waals surface area contributed by atoms with Crippen LogP contribution in [-0.4, -0.2) is 26.8 Å². The van der Waals surface area contributed by atoms with Crippen molar-refractivity contribution in [3.8, 4) is 0 Å². The summed E-state index contributed by atoms with van der Waals surface area (Å²) < 4.78 is 64.8. The third kappa shape index (κ3) is 4.16. The van der Waals surface area contributed by atoms with Gasteiger partial charge in [0.2, 0.25) is 5.91 Å². The molecule has 0 unspecified atom stereocenters. The van der Waals surface area contributed by atoms with Crippen LogP contribution in [0.2, 0.25) is 0 Å². The van der Waals surface area contributed by atoms with E-state index in [0.29, 0.717) is 31.1 Å². The molecule has 1 fully saturated rings. The van der Waals surface area contributed by atoms with Gasteiger partial charge in [-0.3, -0.25) is 9.59 Å². The highest BCUT2D eigenvalue weighted by Crippen LogP contribution is 2.30. The fourth-order valence-electron chi connectivity index (χ4n) is 2.82. The molecule has 2 aromatic rings. The van der Waals surface area contributed by atoms with Gasteiger partial charge in [-0.2, -0.15) is 13.2 Å². The summed E-state index contributed by atoms with van der Waals surface area (Å²) in [6, 6.07) is 8.91. The maximum absolute atomic E-state index is 12.8. The second-order valence-corrected chi connectivity index (χ2v) is 7.84. The Labute approximate surface area is 159 Å². The SMILES string of the molecule is O=C(NS(=O)(=O)c1cccc(C(F)(F)F)c1)c1cccc(N2CCCC2=O)c1. The fraction of sp³-hybridized carbons (Fsp3) is 0.222. The van der Waals surface area contributed by atoms with E-state index < -0.39 is 32.6 Å². The highest BCUT2D eigenvalue weighted by Gasteiger charge is 2.32. The first-order valence-electron chi connectivity index (χ1n) is 8.23. The van der Waals surface area contributed by atoms with E-state index in [1.54, 1.807) is 10.8 Å². The zero-order valence-electron chi connectivity index (χ0n) is 14.4. The molecule has 2 aromatic carbocycles. The highest BCUT2D eigenvalue weighted by molar-refractivity contribution is 7.90. The Morgan fingerprint density at radius 3 is 2.43 bits per heavy atom. The number of amides is 2. The van der Waals surface area contributed by atoms with Crippen molar-refractivity contribution < 1.29 is 31.2 Å². The average Bonchev–Trinajstić information content (AvgIpc) is 3.07. The summed E-state index contributed by atoms with van der Waals surface area (Å²) in [7, 11) is -4.51. The number of halogens is 3. The van der Waals surface area contributed by atoms with Crippen molar-refractivity contribution in [3.63, 3.8) is 0 Å². The van der Waals surface area contributed by atoms with Crippen molar-refractivity contribution in [1.82, 2.24) is 4.72 Å². The smallest absolute Gasteiger partial charge is 0.312 e. The minimum Gasteiger partial charge on any atom is -0.312 e. The van der Waals surface area contributed by atoms with Gasteiger partial charge in [-0.1, -0.05) is 12.1 Å². The monoisotopic (exact) mass is 412 g/mol. The summed E-state index contributed by atoms with van der Waals surface area (Å²) in [5.74, 6) is -1.11. The van der Waals surface area contributed by atoms with E-state index in [-0.39, 0.29) is 11.5 Å². The Morgan fingerprint density at radius 1 is 1.07 bits per heavy atom. The molecule has 1 heterocycles. The summed E-state index contributed by atoms with van der Waals surface area (Å²) in [6.45, 7) is 0.492. The Hall–Kier alpha value is -2.88. The molecule has 0 aliphatic carbocycles. The predicted octanol–water partition coefficient (Wildman–Crippen LogP) is 2.95. The first-order valence-corrected chi connectivity index (χ1v) is 9.71. The molecule has 2 amide bonds. The van der Waals surface area contributed by atoms with Gasteiger partial charge in [-0.15, -0.1) is 0 Å². The maximum Gasteiger partial charge on any atom is 0.416 e. The average molecular weight is 412 g/mol. The van der Waals surface area contributed by atoms with Crippen molar-refractivity contribution >= 4 is 27.5 Å². The van der Waals surface area contributed by atoms with E-state index >= 15 is 0 Å². The fourth-order valence-corrected chi connectivity index (χ4v) is 3.84. The number of benzene rings is 2. The van der Waals surface area contributed by atoms with Gasteiger partial charge in [-0.25, -0.2) is 13.1 Å². The summed E-state index contributed by atoms with van der Waals surface area (Å²) in [6.07, 6.45) is -3.65. The van der Waals surface area contributed by atoms with E-state index in [1.165, 1.54) is 23.1 Å². The van der Waals surface area contributed by atoms with Crippen molar-refractivity contribution in [1.29, 1.82) is 0 Å². The van der Waals surface area contributed by atoms with Crippen LogP contribution in [0.3, 0.4) is 0 Å². The van der Waals surface area contributed by atoms with Gasteiger partial charge >= 0.3 is 6.18 Å². The molecule has 0 spiro atoms. The molecule has 10 heteroatoms. The molecule has 0 aromatic heterocycles. The lowest BCUT2D eigenvalue weighted by Crippen LogP contribution is -2.31.